The molecule has 2 amide bonds. The van der Waals surface area contributed by atoms with Gasteiger partial charge in [0.1, 0.15) is 4.60 Å². The molecule has 2 aliphatic heterocycles. The van der Waals surface area contributed by atoms with Gasteiger partial charge < -0.3 is 10.2 Å². The van der Waals surface area contributed by atoms with Crippen LogP contribution in [0.4, 0.5) is 10.5 Å². The van der Waals surface area contributed by atoms with Crippen LogP contribution in [0.25, 0.3) is 0 Å². The Morgan fingerprint density at radius 3 is 2.88 bits per heavy atom. The number of carbonyl (C=O) groups is 1. The molecule has 0 spiro atoms. The second kappa shape index (κ2) is 6.21. The van der Waals surface area contributed by atoms with Gasteiger partial charge in [-0.1, -0.05) is 23.2 Å². The van der Waals surface area contributed by atoms with Crippen LogP contribution in [0, 0.1) is 0 Å². The monoisotopic (exact) mass is 425 g/mol. The topological polar surface area (TPSA) is 45.2 Å². The van der Waals surface area contributed by atoms with Crippen LogP contribution in [0.2, 0.25) is 10.0 Å². The number of rotatable bonds is 1. The minimum atomic E-state index is -0.0977. The first kappa shape index (κ1) is 16.2. The third kappa shape index (κ3) is 2.68. The van der Waals surface area contributed by atoms with E-state index in [1.165, 1.54) is 11.1 Å². The molecule has 0 radical (unpaired) electrons. The Morgan fingerprint density at radius 2 is 2.08 bits per heavy atom. The van der Waals surface area contributed by atoms with Crippen molar-refractivity contribution in [3.63, 3.8) is 0 Å². The molecular formula is C17H14BrCl2N3O. The lowest BCUT2D eigenvalue weighted by Gasteiger charge is -2.36. The van der Waals surface area contributed by atoms with Crippen LogP contribution in [0.3, 0.4) is 0 Å². The zero-order chi connectivity index (χ0) is 16.8. The lowest BCUT2D eigenvalue weighted by atomic mass is 9.95. The highest BCUT2D eigenvalue weighted by Crippen LogP contribution is 2.45. The van der Waals surface area contributed by atoms with Gasteiger partial charge in [0.25, 0.3) is 0 Å². The Kier molecular flexibility index (Phi) is 4.19. The highest BCUT2D eigenvalue weighted by atomic mass is 79.9. The van der Waals surface area contributed by atoms with E-state index in [0.717, 1.165) is 23.9 Å². The number of nitrogens with one attached hydrogen (secondary N) is 1. The molecular weight excluding hydrogens is 413 g/mol. The highest BCUT2D eigenvalue weighted by molar-refractivity contribution is 9.10. The van der Waals surface area contributed by atoms with Crippen molar-refractivity contribution in [1.82, 2.24) is 9.88 Å². The van der Waals surface area contributed by atoms with Gasteiger partial charge in [-0.25, -0.2) is 9.78 Å². The van der Waals surface area contributed by atoms with E-state index in [2.05, 4.69) is 26.2 Å². The Balaban J connectivity index is 1.61. The summed E-state index contributed by atoms with van der Waals surface area (Å²) in [6.07, 6.45) is 4.59. The normalized spacial score (nSPS) is 21.5. The molecule has 1 saturated heterocycles. The summed E-state index contributed by atoms with van der Waals surface area (Å²) in [7, 11) is 0. The van der Waals surface area contributed by atoms with Crippen molar-refractivity contribution in [2.75, 3.05) is 5.32 Å². The second-order valence-corrected chi connectivity index (χ2v) is 7.65. The molecule has 0 aliphatic carbocycles. The molecule has 3 heterocycles. The number of hydrogen-bond donors (Lipinski definition) is 1. The van der Waals surface area contributed by atoms with Crippen LogP contribution in [-0.4, -0.2) is 22.0 Å². The molecule has 24 heavy (non-hydrogen) atoms. The molecule has 2 bridgehead atoms. The van der Waals surface area contributed by atoms with Crippen LogP contribution in [0.5, 0.6) is 0 Å². The molecule has 1 fully saturated rings. The first-order valence-corrected chi connectivity index (χ1v) is 9.27. The summed E-state index contributed by atoms with van der Waals surface area (Å²) < 4.78 is 0.890. The van der Waals surface area contributed by atoms with Crippen molar-refractivity contribution >= 4 is 50.9 Å². The van der Waals surface area contributed by atoms with E-state index in [4.69, 9.17) is 23.2 Å². The SMILES string of the molecule is O=C(Nc1ccc(Cl)c(Cl)c1)N1[C@@H]2CC[C@H]1c1ccnc(Br)c1C2. The number of carbonyl (C=O) groups excluding carboxylic acids is 1. The Hall–Kier alpha value is -1.30. The van der Waals surface area contributed by atoms with Gasteiger partial charge in [0.15, 0.2) is 0 Å². The number of pyridine rings is 1. The van der Waals surface area contributed by atoms with Crippen molar-refractivity contribution in [2.24, 2.45) is 0 Å². The van der Waals surface area contributed by atoms with Crippen LogP contribution in [0.1, 0.15) is 30.0 Å². The van der Waals surface area contributed by atoms with E-state index in [1.54, 1.807) is 24.4 Å². The molecule has 2 aromatic rings. The maximum atomic E-state index is 12.8. The highest BCUT2D eigenvalue weighted by Gasteiger charge is 2.43. The van der Waals surface area contributed by atoms with E-state index in [1.807, 2.05) is 11.0 Å². The zero-order valence-electron chi connectivity index (χ0n) is 12.6. The number of nitrogens with zero attached hydrogens (tertiary/aromatic N) is 2. The molecule has 4 rings (SSSR count). The van der Waals surface area contributed by atoms with Gasteiger partial charge in [-0.05, 0) is 70.6 Å². The molecule has 4 nitrogen and oxygen atoms in total. The van der Waals surface area contributed by atoms with Crippen molar-refractivity contribution in [3.05, 3.63) is 56.2 Å². The first-order valence-electron chi connectivity index (χ1n) is 7.72. The fourth-order valence-electron chi connectivity index (χ4n) is 3.69. The predicted octanol–water partition coefficient (Wildman–Crippen LogP) is 5.44. The summed E-state index contributed by atoms with van der Waals surface area (Å²) in [6.45, 7) is 0. The lowest BCUT2D eigenvalue weighted by Crippen LogP contribution is -2.44. The summed E-state index contributed by atoms with van der Waals surface area (Å²) >= 11 is 15.5. The van der Waals surface area contributed by atoms with Crippen molar-refractivity contribution in [3.8, 4) is 0 Å². The van der Waals surface area contributed by atoms with Gasteiger partial charge in [-0.15, -0.1) is 0 Å². The van der Waals surface area contributed by atoms with Crippen LogP contribution in [0.15, 0.2) is 35.1 Å². The summed E-state index contributed by atoms with van der Waals surface area (Å²) in [6, 6.07) is 7.33. The second-order valence-electron chi connectivity index (χ2n) is 6.09. The predicted molar refractivity (Wildman–Crippen MR) is 98.7 cm³/mol. The van der Waals surface area contributed by atoms with Crippen molar-refractivity contribution < 1.29 is 4.79 Å². The van der Waals surface area contributed by atoms with Gasteiger partial charge in [-0.3, -0.25) is 0 Å². The number of anilines is 1. The number of hydrogen-bond acceptors (Lipinski definition) is 2. The van der Waals surface area contributed by atoms with Crippen LogP contribution >= 0.6 is 39.1 Å². The molecule has 1 N–H and O–H groups in total. The summed E-state index contributed by atoms with van der Waals surface area (Å²) in [5.74, 6) is 0. The smallest absolute Gasteiger partial charge is 0.314 e. The van der Waals surface area contributed by atoms with E-state index in [-0.39, 0.29) is 18.1 Å². The van der Waals surface area contributed by atoms with Gasteiger partial charge >= 0.3 is 6.03 Å². The molecule has 0 unspecified atom stereocenters. The van der Waals surface area contributed by atoms with Crippen LogP contribution in [-0.2, 0) is 6.42 Å². The fraction of sp³-hybridized carbons (Fsp3) is 0.294. The first-order chi connectivity index (χ1) is 11.5. The standard InChI is InChI=1S/C17H14BrCl2N3O/c18-16-12-8-10-2-4-15(11(12)5-6-21-16)23(10)17(24)22-9-1-3-13(19)14(20)7-9/h1,3,5-7,10,15H,2,4,8H2,(H,22,24)/t10-,15+/m1/s1. The van der Waals surface area contributed by atoms with E-state index < -0.39 is 0 Å². The number of fused-ring (bicyclic) bond motifs is 4. The molecule has 124 valence electrons. The maximum Gasteiger partial charge on any atom is 0.322 e. The molecule has 0 saturated carbocycles. The third-order valence-corrected chi connectivity index (χ3v) is 6.17. The average Bonchev–Trinajstić information content (AvgIpc) is 2.87. The van der Waals surface area contributed by atoms with Crippen LogP contribution < -0.4 is 5.32 Å². The van der Waals surface area contributed by atoms with Crippen molar-refractivity contribution in [2.45, 2.75) is 31.3 Å². The Labute approximate surface area is 158 Å². The molecule has 2 atom stereocenters. The zero-order valence-corrected chi connectivity index (χ0v) is 15.7. The largest absolute Gasteiger partial charge is 0.322 e. The van der Waals surface area contributed by atoms with Crippen molar-refractivity contribution in [1.29, 1.82) is 0 Å². The van der Waals surface area contributed by atoms with Gasteiger partial charge in [-0.2, -0.15) is 0 Å². The third-order valence-electron chi connectivity index (χ3n) is 4.75. The number of urea groups is 1. The van der Waals surface area contributed by atoms with Gasteiger partial charge in [0.05, 0.1) is 16.1 Å². The number of aromatic nitrogens is 1. The van der Waals surface area contributed by atoms with Gasteiger partial charge in [0.2, 0.25) is 0 Å². The number of benzene rings is 1. The quantitative estimate of drug-likeness (QED) is 0.616. The molecule has 1 aromatic heterocycles. The minimum absolute atomic E-state index is 0.0977. The Bertz CT molecular complexity index is 829. The molecule has 2 aliphatic rings. The summed E-state index contributed by atoms with van der Waals surface area (Å²) in [4.78, 5) is 19.1. The Morgan fingerprint density at radius 1 is 1.25 bits per heavy atom. The average molecular weight is 427 g/mol. The minimum Gasteiger partial charge on any atom is -0.314 e. The number of halogens is 3. The fourth-order valence-corrected chi connectivity index (χ4v) is 4.50. The number of amides is 2. The molecule has 7 heteroatoms. The van der Waals surface area contributed by atoms with E-state index in [9.17, 15) is 4.79 Å². The van der Waals surface area contributed by atoms with E-state index >= 15 is 0 Å². The maximum absolute atomic E-state index is 12.8. The molecule has 1 aromatic carbocycles. The summed E-state index contributed by atoms with van der Waals surface area (Å²) in [5, 5.41) is 3.84. The summed E-state index contributed by atoms with van der Waals surface area (Å²) in [5.41, 5.74) is 3.06. The van der Waals surface area contributed by atoms with Gasteiger partial charge in [0, 0.05) is 17.9 Å². The van der Waals surface area contributed by atoms with E-state index in [0.29, 0.717) is 15.7 Å². The lowest BCUT2D eigenvalue weighted by molar-refractivity contribution is 0.179.